The van der Waals surface area contributed by atoms with Crippen LogP contribution in [-0.4, -0.2) is 11.3 Å². The third-order valence-electron chi connectivity index (χ3n) is 1.34. The van der Waals surface area contributed by atoms with E-state index in [4.69, 9.17) is 0 Å². The highest BCUT2D eigenvalue weighted by Gasteiger charge is 2.34. The van der Waals surface area contributed by atoms with Gasteiger partial charge in [-0.25, -0.2) is 13.8 Å². The second kappa shape index (κ2) is 4.45. The van der Waals surface area contributed by atoms with E-state index >= 15 is 0 Å². The maximum atomic E-state index is 12.3. The Hall–Kier alpha value is -0.670. The molecular weight excluding hydrogens is 336 g/mol. The van der Waals surface area contributed by atoms with E-state index in [0.29, 0.717) is 0 Å². The lowest BCUT2D eigenvalue weighted by atomic mass is 10.2. The van der Waals surface area contributed by atoms with Gasteiger partial charge in [-0.2, -0.15) is 0 Å². The molecule has 2 nitrogen and oxygen atoms in total. The summed E-state index contributed by atoms with van der Waals surface area (Å²) in [6.07, 6.45) is -7.06. The molecule has 0 saturated heterocycles. The molecule has 0 aromatic carbocycles. The minimum atomic E-state index is -5.01. The Morgan fingerprint density at radius 1 is 1.33 bits per heavy atom. The van der Waals surface area contributed by atoms with Crippen molar-refractivity contribution in [1.82, 2.24) is 4.98 Å². The number of hydrogen-bond acceptors (Lipinski definition) is 2. The topological polar surface area (TPSA) is 22.1 Å². The van der Waals surface area contributed by atoms with Crippen molar-refractivity contribution in [3.8, 4) is 5.75 Å². The van der Waals surface area contributed by atoms with Crippen molar-refractivity contribution in [3.05, 3.63) is 21.5 Å². The number of aromatic nitrogens is 1. The number of rotatable bonds is 2. The van der Waals surface area contributed by atoms with E-state index in [9.17, 15) is 22.0 Å². The molecule has 1 aromatic heterocycles. The fourth-order valence-corrected chi connectivity index (χ4v) is 1.41. The summed E-state index contributed by atoms with van der Waals surface area (Å²) in [5.41, 5.74) is -0.827. The highest BCUT2D eigenvalue weighted by Crippen LogP contribution is 2.35. The van der Waals surface area contributed by atoms with Crippen LogP contribution in [0.15, 0.2) is 12.3 Å². The zero-order valence-corrected chi connectivity index (χ0v) is 9.01. The molecule has 0 saturated carbocycles. The number of alkyl halides is 5. The van der Waals surface area contributed by atoms with Gasteiger partial charge in [0.2, 0.25) is 0 Å². The Bertz CT molecular complexity index is 354. The number of pyridine rings is 1. The molecule has 0 N–H and O–H groups in total. The first kappa shape index (κ1) is 12.4. The average Bonchev–Trinajstić information content (AvgIpc) is 2.05. The zero-order chi connectivity index (χ0) is 11.6. The number of ether oxygens (including phenoxy) is 1. The van der Waals surface area contributed by atoms with Crippen LogP contribution in [0.5, 0.6) is 5.75 Å². The van der Waals surface area contributed by atoms with E-state index in [1.165, 1.54) is 22.6 Å². The van der Waals surface area contributed by atoms with E-state index in [-0.39, 0.29) is 3.70 Å². The standard InChI is InChI=1S/C7H3F5INO/c8-5(9)3-1-2-14-6(13)4(3)15-7(10,11)12/h1-2,5H. The Balaban J connectivity index is 3.14. The van der Waals surface area contributed by atoms with E-state index < -0.39 is 24.1 Å². The van der Waals surface area contributed by atoms with Crippen LogP contribution in [0.3, 0.4) is 0 Å². The molecule has 1 aromatic rings. The van der Waals surface area contributed by atoms with Crippen molar-refractivity contribution in [2.75, 3.05) is 0 Å². The van der Waals surface area contributed by atoms with E-state index in [0.717, 1.165) is 12.3 Å². The smallest absolute Gasteiger partial charge is 0.402 e. The van der Waals surface area contributed by atoms with Gasteiger partial charge in [0.25, 0.3) is 6.43 Å². The van der Waals surface area contributed by atoms with E-state index in [1.807, 2.05) is 0 Å². The van der Waals surface area contributed by atoms with Gasteiger partial charge >= 0.3 is 6.36 Å². The van der Waals surface area contributed by atoms with Gasteiger partial charge in [-0.05, 0) is 28.7 Å². The molecule has 0 spiro atoms. The summed E-state index contributed by atoms with van der Waals surface area (Å²) in [6, 6.07) is 0.786. The summed E-state index contributed by atoms with van der Waals surface area (Å²) in [5.74, 6) is -0.944. The first-order chi connectivity index (χ1) is 6.81. The van der Waals surface area contributed by atoms with Crippen molar-refractivity contribution >= 4 is 22.6 Å². The van der Waals surface area contributed by atoms with Crippen LogP contribution in [-0.2, 0) is 0 Å². The molecule has 0 aliphatic heterocycles. The second-order valence-corrected chi connectivity index (χ2v) is 3.39. The van der Waals surface area contributed by atoms with Crippen LogP contribution >= 0.6 is 22.6 Å². The van der Waals surface area contributed by atoms with Crippen molar-refractivity contribution in [2.45, 2.75) is 12.8 Å². The zero-order valence-electron chi connectivity index (χ0n) is 6.86. The molecular formula is C7H3F5INO. The molecule has 0 bridgehead atoms. The molecule has 0 fully saturated rings. The fourth-order valence-electron chi connectivity index (χ4n) is 0.825. The quantitative estimate of drug-likeness (QED) is 0.467. The summed E-state index contributed by atoms with van der Waals surface area (Å²) >= 11 is 1.39. The number of nitrogens with zero attached hydrogens (tertiary/aromatic N) is 1. The summed E-state index contributed by atoms with van der Waals surface area (Å²) in [7, 11) is 0. The Morgan fingerprint density at radius 3 is 2.40 bits per heavy atom. The third-order valence-corrected chi connectivity index (χ3v) is 2.11. The largest absolute Gasteiger partial charge is 0.573 e. The highest BCUT2D eigenvalue weighted by molar-refractivity contribution is 14.1. The predicted molar refractivity (Wildman–Crippen MR) is 48.6 cm³/mol. The van der Waals surface area contributed by atoms with Gasteiger partial charge in [0.15, 0.2) is 5.75 Å². The van der Waals surface area contributed by atoms with Gasteiger partial charge in [-0.3, -0.25) is 0 Å². The Labute approximate surface area is 94.6 Å². The lowest BCUT2D eigenvalue weighted by Gasteiger charge is -2.13. The average molecular weight is 339 g/mol. The first-order valence-corrected chi connectivity index (χ1v) is 4.57. The lowest BCUT2D eigenvalue weighted by Crippen LogP contribution is -2.19. The molecule has 1 rings (SSSR count). The minimum Gasteiger partial charge on any atom is -0.402 e. The molecule has 0 unspecified atom stereocenters. The van der Waals surface area contributed by atoms with Crippen LogP contribution < -0.4 is 4.74 Å². The van der Waals surface area contributed by atoms with E-state index in [1.54, 1.807) is 0 Å². The molecule has 0 atom stereocenters. The molecule has 0 aliphatic rings. The second-order valence-electron chi connectivity index (χ2n) is 2.37. The van der Waals surface area contributed by atoms with Crippen molar-refractivity contribution in [3.63, 3.8) is 0 Å². The Kier molecular flexibility index (Phi) is 3.68. The molecule has 0 amide bonds. The van der Waals surface area contributed by atoms with Gasteiger partial charge in [-0.15, -0.1) is 13.2 Å². The SMILES string of the molecule is FC(F)c1ccnc(I)c1OC(F)(F)F. The van der Waals surface area contributed by atoms with Crippen molar-refractivity contribution in [2.24, 2.45) is 0 Å². The van der Waals surface area contributed by atoms with Crippen molar-refractivity contribution in [1.29, 1.82) is 0 Å². The molecule has 1 heterocycles. The first-order valence-electron chi connectivity index (χ1n) is 3.49. The van der Waals surface area contributed by atoms with Gasteiger partial charge in [0, 0.05) is 6.20 Å². The molecule has 0 radical (unpaired) electrons. The number of halogens is 6. The lowest BCUT2D eigenvalue weighted by molar-refractivity contribution is -0.275. The van der Waals surface area contributed by atoms with Crippen molar-refractivity contribution < 1.29 is 26.7 Å². The van der Waals surface area contributed by atoms with Gasteiger partial charge in [0.1, 0.15) is 3.70 Å². The van der Waals surface area contributed by atoms with Gasteiger partial charge in [-0.1, -0.05) is 0 Å². The van der Waals surface area contributed by atoms with Crippen LogP contribution in [0.25, 0.3) is 0 Å². The molecule has 84 valence electrons. The van der Waals surface area contributed by atoms with Crippen LogP contribution in [0.2, 0.25) is 0 Å². The van der Waals surface area contributed by atoms with Crippen LogP contribution in [0.1, 0.15) is 12.0 Å². The fraction of sp³-hybridized carbons (Fsp3) is 0.286. The molecule has 8 heteroatoms. The maximum absolute atomic E-state index is 12.3. The summed E-state index contributed by atoms with van der Waals surface area (Å²) in [4.78, 5) is 3.43. The van der Waals surface area contributed by atoms with Gasteiger partial charge < -0.3 is 4.74 Å². The van der Waals surface area contributed by atoms with E-state index in [2.05, 4.69) is 9.72 Å². The van der Waals surface area contributed by atoms with Crippen LogP contribution in [0, 0.1) is 3.70 Å². The summed E-state index contributed by atoms with van der Waals surface area (Å²) in [5, 5.41) is 0. The Morgan fingerprint density at radius 2 is 1.93 bits per heavy atom. The molecule has 15 heavy (non-hydrogen) atoms. The number of hydrogen-bond donors (Lipinski definition) is 0. The summed E-state index contributed by atoms with van der Waals surface area (Å²) in [6.45, 7) is 0. The van der Waals surface area contributed by atoms with Gasteiger partial charge in [0.05, 0.1) is 5.56 Å². The summed E-state index contributed by atoms with van der Waals surface area (Å²) < 4.78 is 63.4. The molecule has 0 aliphatic carbocycles. The normalized spacial score (nSPS) is 11.9. The third kappa shape index (κ3) is 3.43. The van der Waals surface area contributed by atoms with Crippen LogP contribution in [0.4, 0.5) is 22.0 Å². The predicted octanol–water partition coefficient (Wildman–Crippen LogP) is 3.52. The minimum absolute atomic E-state index is 0.261. The highest BCUT2D eigenvalue weighted by atomic mass is 127. The monoisotopic (exact) mass is 339 g/mol. The maximum Gasteiger partial charge on any atom is 0.573 e.